The Morgan fingerprint density at radius 2 is 1.67 bits per heavy atom. The van der Waals surface area contributed by atoms with Crippen molar-refractivity contribution in [3.05, 3.63) is 10.1 Å². The van der Waals surface area contributed by atoms with E-state index in [-0.39, 0.29) is 25.6 Å². The molecule has 0 heterocycles. The van der Waals surface area contributed by atoms with Crippen LogP contribution >= 0.6 is 0 Å². The zero-order valence-corrected chi connectivity index (χ0v) is 4.39. The first-order valence-corrected chi connectivity index (χ1v) is 0.565. The van der Waals surface area contributed by atoms with E-state index in [4.69, 9.17) is 15.3 Å². The van der Waals surface area contributed by atoms with Gasteiger partial charge in [-0.1, -0.05) is 0 Å². The van der Waals surface area contributed by atoms with Gasteiger partial charge in [-0.05, 0) is 0 Å². The molecule has 6 heavy (non-hydrogen) atoms. The minimum Gasteiger partial charge on any atom is -0.344 e. The second-order valence-corrected chi connectivity index (χ2v) is 0.238. The Morgan fingerprint density at radius 1 is 1.67 bits per heavy atom. The Labute approximate surface area is 46.8 Å². The quantitative estimate of drug-likeness (QED) is 0.309. The summed E-state index contributed by atoms with van der Waals surface area (Å²) in [5.74, 6) is 0. The second kappa shape index (κ2) is 8.84. The molecule has 0 aromatic carbocycles. The molecule has 0 aliphatic heterocycles. The molecule has 0 amide bonds. The molecule has 0 rings (SSSR count). The number of nitrogens with zero attached hydrogens (tertiary/aromatic N) is 1. The fraction of sp³-hybridized carbons (Fsp3) is 0. The first-order valence-electron chi connectivity index (χ1n) is 0.565. The van der Waals surface area contributed by atoms with Crippen LogP contribution in [-0.4, -0.2) is 10.3 Å². The van der Waals surface area contributed by atoms with Crippen LogP contribution in [0.3, 0.4) is 0 Å². The zero-order chi connectivity index (χ0) is 3.58. The third-order valence-electron chi connectivity index (χ3n) is 0. The third-order valence-corrected chi connectivity index (χ3v) is 0. The van der Waals surface area contributed by atoms with E-state index in [0.717, 1.165) is 0 Å². The molecule has 0 unspecified atom stereocenters. The fourth-order valence-electron chi connectivity index (χ4n) is 0. The van der Waals surface area contributed by atoms with Gasteiger partial charge < -0.3 is 11.4 Å². The SMILES string of the molecule is N.O=[N+]([O-])O.[Rh]. The van der Waals surface area contributed by atoms with Crippen LogP contribution in [0.1, 0.15) is 0 Å². The summed E-state index contributed by atoms with van der Waals surface area (Å²) in [6.45, 7) is 0. The standard InChI is InChI=1S/HNO3.H3N.Rh/c2-1(3)4;;/h(H,2,3,4);1H3;. The first kappa shape index (κ1) is 17.1. The Morgan fingerprint density at radius 3 is 1.67 bits per heavy atom. The van der Waals surface area contributed by atoms with E-state index in [1.807, 2.05) is 0 Å². The average Bonchev–Trinajstić information content (AvgIpc) is 0.811. The van der Waals surface area contributed by atoms with Gasteiger partial charge in [0.15, 0.2) is 0 Å². The van der Waals surface area contributed by atoms with Crippen LogP contribution in [0.4, 0.5) is 0 Å². The van der Waals surface area contributed by atoms with E-state index in [2.05, 4.69) is 0 Å². The van der Waals surface area contributed by atoms with Gasteiger partial charge in [0, 0.05) is 19.5 Å². The van der Waals surface area contributed by atoms with Crippen molar-refractivity contribution in [3.8, 4) is 0 Å². The largest absolute Gasteiger partial charge is 0.344 e. The summed E-state index contributed by atoms with van der Waals surface area (Å²) < 4.78 is 0. The molecule has 0 saturated carbocycles. The summed E-state index contributed by atoms with van der Waals surface area (Å²) in [5, 5.41) is 13.6. The van der Waals surface area contributed by atoms with Crippen LogP contribution in [0.2, 0.25) is 0 Å². The van der Waals surface area contributed by atoms with Gasteiger partial charge in [-0.2, -0.15) is 0 Å². The molecular weight excluding hydrogens is 179 g/mol. The summed E-state index contributed by atoms with van der Waals surface area (Å²) in [6.07, 6.45) is 0. The van der Waals surface area contributed by atoms with Crippen LogP contribution in [0.15, 0.2) is 0 Å². The number of hydrogen-bond acceptors (Lipinski definition) is 3. The van der Waals surface area contributed by atoms with Crippen LogP contribution < -0.4 is 6.15 Å². The summed E-state index contributed by atoms with van der Waals surface area (Å²) >= 11 is 0. The zero-order valence-electron chi connectivity index (χ0n) is 2.75. The molecule has 0 atom stereocenters. The maximum atomic E-state index is 8.36. The smallest absolute Gasteiger partial charge is 0.291 e. The molecule has 5 nitrogen and oxygen atoms in total. The Bertz CT molecular complexity index is 31.8. The van der Waals surface area contributed by atoms with Crippen molar-refractivity contribution in [3.63, 3.8) is 0 Å². The molecule has 0 aromatic rings. The first-order chi connectivity index (χ1) is 1.73. The molecular formula is H4N2O3Rh. The van der Waals surface area contributed by atoms with Crippen molar-refractivity contribution < 1.29 is 29.8 Å². The van der Waals surface area contributed by atoms with E-state index in [1.54, 1.807) is 0 Å². The summed E-state index contributed by atoms with van der Waals surface area (Å²) in [7, 11) is 0. The summed E-state index contributed by atoms with van der Waals surface area (Å²) in [5.41, 5.74) is 0. The Kier molecular flexibility index (Phi) is 25.2. The van der Waals surface area contributed by atoms with Crippen molar-refractivity contribution in [2.75, 3.05) is 0 Å². The van der Waals surface area contributed by atoms with Gasteiger partial charge in [-0.15, -0.1) is 10.1 Å². The van der Waals surface area contributed by atoms with Gasteiger partial charge in [-0.3, -0.25) is 0 Å². The van der Waals surface area contributed by atoms with Gasteiger partial charge in [0.25, 0.3) is 5.09 Å². The van der Waals surface area contributed by atoms with E-state index in [9.17, 15) is 0 Å². The molecule has 0 bridgehead atoms. The second-order valence-electron chi connectivity index (χ2n) is 0.238. The van der Waals surface area contributed by atoms with Crippen molar-refractivity contribution in [1.29, 1.82) is 0 Å². The minimum atomic E-state index is -1.50. The number of hydrogen-bond donors (Lipinski definition) is 2. The predicted octanol–water partition coefficient (Wildman–Crippen LogP) is -0.188. The van der Waals surface area contributed by atoms with Crippen LogP contribution in [0.5, 0.6) is 0 Å². The molecule has 0 aromatic heterocycles. The molecule has 0 saturated heterocycles. The third kappa shape index (κ3) is 625. The number of rotatable bonds is 0. The monoisotopic (exact) mass is 183 g/mol. The molecule has 0 aliphatic rings. The van der Waals surface area contributed by atoms with Gasteiger partial charge in [0.2, 0.25) is 0 Å². The average molecular weight is 183 g/mol. The van der Waals surface area contributed by atoms with Crippen molar-refractivity contribution in [2.45, 2.75) is 0 Å². The van der Waals surface area contributed by atoms with E-state index < -0.39 is 5.09 Å². The Hall–Kier alpha value is -0.217. The van der Waals surface area contributed by atoms with E-state index >= 15 is 0 Å². The van der Waals surface area contributed by atoms with E-state index in [0.29, 0.717) is 0 Å². The van der Waals surface area contributed by atoms with Crippen LogP contribution in [-0.2, 0) is 19.5 Å². The maximum absolute atomic E-state index is 8.36. The summed E-state index contributed by atoms with van der Waals surface area (Å²) in [6, 6.07) is 0. The minimum absolute atomic E-state index is 0. The van der Waals surface area contributed by atoms with Gasteiger partial charge in [0.05, 0.1) is 0 Å². The molecule has 0 aliphatic carbocycles. The summed E-state index contributed by atoms with van der Waals surface area (Å²) in [4.78, 5) is 8.36. The molecule has 0 spiro atoms. The van der Waals surface area contributed by atoms with Crippen molar-refractivity contribution >= 4 is 0 Å². The molecule has 41 valence electrons. The topological polar surface area (TPSA) is 98.4 Å². The molecule has 1 radical (unpaired) electrons. The van der Waals surface area contributed by atoms with Gasteiger partial charge in [0.1, 0.15) is 0 Å². The maximum Gasteiger partial charge on any atom is 0.291 e. The van der Waals surface area contributed by atoms with Crippen LogP contribution in [0.25, 0.3) is 0 Å². The van der Waals surface area contributed by atoms with Gasteiger partial charge in [-0.25, -0.2) is 0 Å². The van der Waals surface area contributed by atoms with E-state index in [1.165, 1.54) is 0 Å². The molecule has 6 heteroatoms. The van der Waals surface area contributed by atoms with Crippen molar-refractivity contribution in [2.24, 2.45) is 0 Å². The van der Waals surface area contributed by atoms with Crippen molar-refractivity contribution in [1.82, 2.24) is 6.15 Å². The van der Waals surface area contributed by atoms with Gasteiger partial charge >= 0.3 is 0 Å². The Balaban J connectivity index is -0.0000000450. The van der Waals surface area contributed by atoms with Crippen LogP contribution in [0, 0.1) is 10.1 Å². The predicted molar refractivity (Wildman–Crippen MR) is 13.8 cm³/mol. The molecule has 4 N–H and O–H groups in total. The fourth-order valence-corrected chi connectivity index (χ4v) is 0. The molecule has 0 fully saturated rings. The normalized spacial score (nSPS) is 4.00.